The Hall–Kier alpha value is -0.540. The van der Waals surface area contributed by atoms with Crippen molar-refractivity contribution < 1.29 is 4.79 Å². The fourth-order valence-electron chi connectivity index (χ4n) is 0.885. The largest absolute Gasteiger partial charge is 0.349 e. The Bertz CT molecular complexity index is 248. The van der Waals surface area contributed by atoms with E-state index in [0.717, 1.165) is 5.56 Å². The van der Waals surface area contributed by atoms with Crippen LogP contribution in [0, 0.1) is 0 Å². The molecule has 0 aromatic carbocycles. The second-order valence-corrected chi connectivity index (χ2v) is 3.53. The molecule has 1 amide bonds. The van der Waals surface area contributed by atoms with Gasteiger partial charge in [0.15, 0.2) is 0 Å². The van der Waals surface area contributed by atoms with Crippen LogP contribution in [0.4, 0.5) is 0 Å². The maximum absolute atomic E-state index is 10.9. The first-order chi connectivity index (χ1) is 5.74. The number of nitrogens with one attached hydrogen (secondary N) is 1. The van der Waals surface area contributed by atoms with Crippen LogP contribution in [0.5, 0.6) is 0 Å². The van der Waals surface area contributed by atoms with Crippen LogP contribution < -0.4 is 5.32 Å². The van der Waals surface area contributed by atoms with E-state index in [2.05, 4.69) is 5.32 Å². The Kier molecular flexibility index (Phi) is 3.56. The van der Waals surface area contributed by atoms with Gasteiger partial charge in [-0.25, -0.2) is 0 Å². The first-order valence-electron chi connectivity index (χ1n) is 3.61. The number of rotatable bonds is 3. The van der Waals surface area contributed by atoms with Crippen molar-refractivity contribution in [3.8, 4) is 0 Å². The standard InChI is InChI=1S/C8H10ClNOS/c1-6(10-8(11)4-9)7-2-3-12-5-7/h2-3,5-6H,4H2,1H3,(H,10,11)/t6-/m0/s1. The molecule has 0 fully saturated rings. The number of thiophene rings is 1. The average molecular weight is 204 g/mol. The molecule has 0 spiro atoms. The Labute approximate surface area is 80.5 Å². The van der Waals surface area contributed by atoms with E-state index in [1.807, 2.05) is 23.8 Å². The van der Waals surface area contributed by atoms with E-state index in [9.17, 15) is 4.79 Å². The molecule has 0 unspecified atom stereocenters. The number of hydrogen-bond donors (Lipinski definition) is 1. The van der Waals surface area contributed by atoms with E-state index in [4.69, 9.17) is 11.6 Å². The highest BCUT2D eigenvalue weighted by Crippen LogP contribution is 2.15. The molecule has 4 heteroatoms. The zero-order valence-electron chi connectivity index (χ0n) is 6.71. The normalized spacial score (nSPS) is 12.5. The van der Waals surface area contributed by atoms with Gasteiger partial charge in [0.05, 0.1) is 6.04 Å². The number of alkyl halides is 1. The highest BCUT2D eigenvalue weighted by molar-refractivity contribution is 7.07. The van der Waals surface area contributed by atoms with Crippen LogP contribution in [0.1, 0.15) is 18.5 Å². The van der Waals surface area contributed by atoms with Gasteiger partial charge in [0, 0.05) is 0 Å². The van der Waals surface area contributed by atoms with Gasteiger partial charge in [-0.3, -0.25) is 4.79 Å². The third kappa shape index (κ3) is 2.50. The molecule has 0 radical (unpaired) electrons. The summed E-state index contributed by atoms with van der Waals surface area (Å²) in [6, 6.07) is 2.05. The lowest BCUT2D eigenvalue weighted by atomic mass is 10.2. The molecule has 1 aromatic heterocycles. The van der Waals surface area contributed by atoms with Crippen LogP contribution >= 0.6 is 22.9 Å². The van der Waals surface area contributed by atoms with Crippen molar-refractivity contribution in [2.24, 2.45) is 0 Å². The van der Waals surface area contributed by atoms with E-state index in [0.29, 0.717) is 0 Å². The molecule has 1 aromatic rings. The molecule has 1 heterocycles. The van der Waals surface area contributed by atoms with E-state index in [1.54, 1.807) is 11.3 Å². The first-order valence-corrected chi connectivity index (χ1v) is 5.09. The van der Waals surface area contributed by atoms with Crippen LogP contribution in [0.25, 0.3) is 0 Å². The predicted octanol–water partition coefficient (Wildman–Crippen LogP) is 2.16. The molecule has 0 aliphatic carbocycles. The first kappa shape index (κ1) is 9.55. The van der Waals surface area contributed by atoms with Crippen molar-refractivity contribution in [2.45, 2.75) is 13.0 Å². The van der Waals surface area contributed by atoms with Gasteiger partial charge in [0.1, 0.15) is 5.88 Å². The summed E-state index contributed by atoms with van der Waals surface area (Å²) in [7, 11) is 0. The second-order valence-electron chi connectivity index (χ2n) is 2.48. The van der Waals surface area contributed by atoms with Gasteiger partial charge in [-0.15, -0.1) is 11.6 Å². The second kappa shape index (κ2) is 4.48. The molecule has 1 N–H and O–H groups in total. The molecule has 1 atom stereocenters. The fourth-order valence-corrected chi connectivity index (χ4v) is 1.72. The van der Waals surface area contributed by atoms with Crippen molar-refractivity contribution in [3.63, 3.8) is 0 Å². The van der Waals surface area contributed by atoms with E-state index >= 15 is 0 Å². The Morgan fingerprint density at radius 3 is 3.08 bits per heavy atom. The summed E-state index contributed by atoms with van der Waals surface area (Å²) in [5, 5.41) is 6.77. The average Bonchev–Trinajstić information content (AvgIpc) is 2.56. The number of carbonyl (C=O) groups is 1. The Morgan fingerprint density at radius 2 is 2.58 bits per heavy atom. The van der Waals surface area contributed by atoms with Gasteiger partial charge in [0.25, 0.3) is 0 Å². The van der Waals surface area contributed by atoms with Crippen molar-refractivity contribution >= 4 is 28.8 Å². The van der Waals surface area contributed by atoms with Crippen LogP contribution in [-0.4, -0.2) is 11.8 Å². The third-order valence-electron chi connectivity index (χ3n) is 1.54. The minimum absolute atomic E-state index is 0.0223. The van der Waals surface area contributed by atoms with Gasteiger partial charge < -0.3 is 5.32 Å². The fraction of sp³-hybridized carbons (Fsp3) is 0.375. The Morgan fingerprint density at radius 1 is 1.83 bits per heavy atom. The quantitative estimate of drug-likeness (QED) is 0.750. The van der Waals surface area contributed by atoms with Crippen molar-refractivity contribution in [1.29, 1.82) is 0 Å². The molecule has 2 nitrogen and oxygen atoms in total. The molecule has 1 rings (SSSR count). The maximum Gasteiger partial charge on any atom is 0.235 e. The molecule has 0 aliphatic heterocycles. The summed E-state index contributed by atoms with van der Waals surface area (Å²) in [6.45, 7) is 1.94. The van der Waals surface area contributed by atoms with E-state index < -0.39 is 0 Å². The van der Waals surface area contributed by atoms with Crippen LogP contribution in [0.2, 0.25) is 0 Å². The minimum Gasteiger partial charge on any atom is -0.349 e. The smallest absolute Gasteiger partial charge is 0.235 e. The summed E-state index contributed by atoms with van der Waals surface area (Å²) in [5.41, 5.74) is 1.12. The van der Waals surface area contributed by atoms with E-state index in [-0.39, 0.29) is 17.8 Å². The number of halogens is 1. The zero-order chi connectivity index (χ0) is 8.97. The summed E-state index contributed by atoms with van der Waals surface area (Å²) >= 11 is 6.97. The lowest BCUT2D eigenvalue weighted by Crippen LogP contribution is -2.27. The molecular weight excluding hydrogens is 194 g/mol. The summed E-state index contributed by atoms with van der Waals surface area (Å²) in [6.07, 6.45) is 0. The van der Waals surface area contributed by atoms with Crippen LogP contribution in [-0.2, 0) is 4.79 Å². The lowest BCUT2D eigenvalue weighted by molar-refractivity contribution is -0.119. The molecule has 0 saturated carbocycles. The molecule has 0 aliphatic rings. The lowest BCUT2D eigenvalue weighted by Gasteiger charge is -2.10. The summed E-state index contributed by atoms with van der Waals surface area (Å²) in [5.74, 6) is -0.107. The van der Waals surface area contributed by atoms with Crippen LogP contribution in [0.3, 0.4) is 0 Å². The zero-order valence-corrected chi connectivity index (χ0v) is 8.28. The van der Waals surface area contributed by atoms with Crippen molar-refractivity contribution in [3.05, 3.63) is 22.4 Å². The summed E-state index contributed by atoms with van der Waals surface area (Å²) in [4.78, 5) is 10.9. The van der Waals surface area contributed by atoms with E-state index in [1.165, 1.54) is 0 Å². The maximum atomic E-state index is 10.9. The third-order valence-corrected chi connectivity index (χ3v) is 2.49. The molecule has 0 saturated heterocycles. The highest BCUT2D eigenvalue weighted by atomic mass is 35.5. The Balaban J connectivity index is 2.49. The van der Waals surface area contributed by atoms with Gasteiger partial charge in [0.2, 0.25) is 5.91 Å². The summed E-state index contributed by atoms with van der Waals surface area (Å²) < 4.78 is 0. The van der Waals surface area contributed by atoms with Gasteiger partial charge >= 0.3 is 0 Å². The van der Waals surface area contributed by atoms with Crippen molar-refractivity contribution in [1.82, 2.24) is 5.32 Å². The predicted molar refractivity (Wildman–Crippen MR) is 51.6 cm³/mol. The van der Waals surface area contributed by atoms with Crippen LogP contribution in [0.15, 0.2) is 16.8 Å². The van der Waals surface area contributed by atoms with Gasteiger partial charge in [-0.2, -0.15) is 11.3 Å². The molecule has 12 heavy (non-hydrogen) atoms. The molecule has 0 bridgehead atoms. The molecular formula is C8H10ClNOS. The topological polar surface area (TPSA) is 29.1 Å². The number of amides is 1. The SMILES string of the molecule is C[C@H](NC(=O)CCl)c1ccsc1. The number of carbonyl (C=O) groups excluding carboxylic acids is 1. The van der Waals surface area contributed by atoms with Gasteiger partial charge in [-0.1, -0.05) is 0 Å². The highest BCUT2D eigenvalue weighted by Gasteiger charge is 2.07. The number of hydrogen-bond acceptors (Lipinski definition) is 2. The molecule has 66 valence electrons. The van der Waals surface area contributed by atoms with Gasteiger partial charge in [-0.05, 0) is 29.3 Å². The monoisotopic (exact) mass is 203 g/mol. The van der Waals surface area contributed by atoms with Crippen molar-refractivity contribution in [2.75, 3.05) is 5.88 Å². The minimum atomic E-state index is -0.129.